The fraction of sp³-hybridized carbons (Fsp3) is 0.400. The molecule has 1 aromatic heterocycles. The highest BCUT2D eigenvalue weighted by molar-refractivity contribution is 9.10. The molecule has 0 saturated carbocycles. The summed E-state index contributed by atoms with van der Waals surface area (Å²) >= 11 is 3.35. The van der Waals surface area contributed by atoms with E-state index in [9.17, 15) is 4.39 Å². The molecule has 20 heavy (non-hydrogen) atoms. The molecular weight excluding hydrogens is 321 g/mol. The van der Waals surface area contributed by atoms with Crippen LogP contribution in [0.5, 0.6) is 0 Å². The summed E-state index contributed by atoms with van der Waals surface area (Å²) in [6.45, 7) is 5.86. The molecule has 0 saturated heterocycles. The first-order valence-electron chi connectivity index (χ1n) is 6.85. The van der Waals surface area contributed by atoms with Crippen LogP contribution in [0.15, 0.2) is 35.1 Å². The first-order chi connectivity index (χ1) is 9.63. The van der Waals surface area contributed by atoms with Crippen LogP contribution in [0.1, 0.15) is 37.4 Å². The molecule has 108 valence electrons. The number of hydrogen-bond acceptors (Lipinski definition) is 2. The van der Waals surface area contributed by atoms with Gasteiger partial charge in [0.05, 0.1) is 12.2 Å². The van der Waals surface area contributed by atoms with Crippen molar-refractivity contribution in [1.29, 1.82) is 0 Å². The summed E-state index contributed by atoms with van der Waals surface area (Å²) in [6.07, 6.45) is 4.91. The van der Waals surface area contributed by atoms with E-state index >= 15 is 0 Å². The van der Waals surface area contributed by atoms with Gasteiger partial charge in [-0.15, -0.1) is 0 Å². The summed E-state index contributed by atoms with van der Waals surface area (Å²) in [6, 6.07) is 4.92. The number of aromatic nitrogens is 2. The number of nitrogens with zero attached hydrogens (tertiary/aromatic N) is 2. The third-order valence-electron chi connectivity index (χ3n) is 3.07. The Hall–Kier alpha value is -1.20. The number of nitrogens with one attached hydrogen (secondary N) is 1. The topological polar surface area (TPSA) is 29.9 Å². The van der Waals surface area contributed by atoms with Crippen molar-refractivity contribution in [2.75, 3.05) is 6.54 Å². The molecule has 2 aromatic rings. The van der Waals surface area contributed by atoms with Crippen molar-refractivity contribution < 1.29 is 4.39 Å². The highest BCUT2D eigenvalue weighted by Crippen LogP contribution is 2.25. The Kier molecular flexibility index (Phi) is 5.31. The van der Waals surface area contributed by atoms with E-state index in [2.05, 4.69) is 33.3 Å². The van der Waals surface area contributed by atoms with E-state index in [1.54, 1.807) is 6.07 Å². The van der Waals surface area contributed by atoms with Gasteiger partial charge in [-0.05, 0) is 36.7 Å². The minimum Gasteiger partial charge on any atom is -0.306 e. The lowest BCUT2D eigenvalue weighted by molar-refractivity contribution is 0.592. The van der Waals surface area contributed by atoms with Crippen LogP contribution in [-0.2, 0) is 6.54 Å². The van der Waals surface area contributed by atoms with Gasteiger partial charge in [0, 0.05) is 22.8 Å². The van der Waals surface area contributed by atoms with E-state index in [1.807, 2.05) is 30.1 Å². The lowest BCUT2D eigenvalue weighted by Gasteiger charge is -2.17. The van der Waals surface area contributed by atoms with Gasteiger partial charge in [0.1, 0.15) is 5.82 Å². The van der Waals surface area contributed by atoms with Gasteiger partial charge in [-0.1, -0.05) is 29.8 Å². The van der Waals surface area contributed by atoms with Crippen LogP contribution < -0.4 is 5.32 Å². The van der Waals surface area contributed by atoms with Crippen molar-refractivity contribution in [1.82, 2.24) is 15.1 Å². The predicted molar refractivity (Wildman–Crippen MR) is 82.1 cm³/mol. The third-order valence-corrected chi connectivity index (χ3v) is 3.52. The first-order valence-corrected chi connectivity index (χ1v) is 7.65. The van der Waals surface area contributed by atoms with E-state index in [0.717, 1.165) is 35.1 Å². The Morgan fingerprint density at radius 1 is 1.30 bits per heavy atom. The standard InChI is InChI=1S/C15H19BrFN3/c1-3-5-20-10-12(9-19-20)15(18-4-2)11-6-13(16)8-14(17)7-11/h6-10,15,18H,3-5H2,1-2H3. The van der Waals surface area contributed by atoms with Crippen LogP contribution in [-0.4, -0.2) is 16.3 Å². The highest BCUT2D eigenvalue weighted by Gasteiger charge is 2.16. The van der Waals surface area contributed by atoms with Crippen LogP contribution >= 0.6 is 15.9 Å². The van der Waals surface area contributed by atoms with Gasteiger partial charge < -0.3 is 5.32 Å². The van der Waals surface area contributed by atoms with Crippen molar-refractivity contribution in [3.63, 3.8) is 0 Å². The Balaban J connectivity index is 2.33. The summed E-state index contributed by atoms with van der Waals surface area (Å²) in [4.78, 5) is 0. The minimum absolute atomic E-state index is 0.0439. The molecule has 0 aliphatic rings. The number of benzene rings is 1. The number of hydrogen-bond donors (Lipinski definition) is 1. The monoisotopic (exact) mass is 339 g/mol. The number of aryl methyl sites for hydroxylation is 1. The van der Waals surface area contributed by atoms with Crippen LogP contribution in [0, 0.1) is 5.82 Å². The maximum atomic E-state index is 13.6. The molecule has 1 N–H and O–H groups in total. The van der Waals surface area contributed by atoms with Gasteiger partial charge in [-0.2, -0.15) is 5.10 Å². The Morgan fingerprint density at radius 2 is 2.10 bits per heavy atom. The smallest absolute Gasteiger partial charge is 0.124 e. The second-order valence-corrected chi connectivity index (χ2v) is 5.65. The Morgan fingerprint density at radius 3 is 2.75 bits per heavy atom. The van der Waals surface area contributed by atoms with Crippen molar-refractivity contribution in [2.45, 2.75) is 32.9 Å². The molecule has 2 rings (SSSR count). The highest BCUT2D eigenvalue weighted by atomic mass is 79.9. The van der Waals surface area contributed by atoms with E-state index < -0.39 is 0 Å². The minimum atomic E-state index is -0.238. The number of rotatable bonds is 6. The molecule has 0 aliphatic carbocycles. The summed E-state index contributed by atoms with van der Waals surface area (Å²) in [5.74, 6) is -0.238. The van der Waals surface area contributed by atoms with Crippen LogP contribution in [0.3, 0.4) is 0 Å². The van der Waals surface area contributed by atoms with Crippen LogP contribution in [0.2, 0.25) is 0 Å². The van der Waals surface area contributed by atoms with Gasteiger partial charge in [0.25, 0.3) is 0 Å². The normalized spacial score (nSPS) is 12.6. The second-order valence-electron chi connectivity index (χ2n) is 4.73. The molecule has 5 heteroatoms. The summed E-state index contributed by atoms with van der Waals surface area (Å²) in [5, 5.41) is 7.73. The fourth-order valence-electron chi connectivity index (χ4n) is 2.25. The zero-order valence-corrected chi connectivity index (χ0v) is 13.3. The molecule has 1 heterocycles. The quantitative estimate of drug-likeness (QED) is 0.865. The Bertz CT molecular complexity index is 548. The molecule has 0 amide bonds. The van der Waals surface area contributed by atoms with Gasteiger partial charge >= 0.3 is 0 Å². The number of halogens is 2. The summed E-state index contributed by atoms with van der Waals surface area (Å²) < 4.78 is 16.3. The molecule has 1 atom stereocenters. The van der Waals surface area contributed by atoms with Gasteiger partial charge in [-0.25, -0.2) is 4.39 Å². The lowest BCUT2D eigenvalue weighted by atomic mass is 10.0. The summed E-state index contributed by atoms with van der Waals surface area (Å²) in [7, 11) is 0. The average Bonchev–Trinajstić information content (AvgIpc) is 2.83. The lowest BCUT2D eigenvalue weighted by Crippen LogP contribution is -2.21. The molecule has 0 radical (unpaired) electrons. The molecule has 3 nitrogen and oxygen atoms in total. The molecule has 0 fully saturated rings. The van der Waals surface area contributed by atoms with E-state index in [1.165, 1.54) is 6.07 Å². The maximum absolute atomic E-state index is 13.6. The molecular formula is C15H19BrFN3. The van der Waals surface area contributed by atoms with Crippen molar-refractivity contribution in [2.24, 2.45) is 0 Å². The van der Waals surface area contributed by atoms with Crippen molar-refractivity contribution >= 4 is 15.9 Å². The Labute approximate surface area is 127 Å². The third kappa shape index (κ3) is 3.67. The molecule has 0 spiro atoms. The SMILES string of the molecule is CCCn1cc(C(NCC)c2cc(F)cc(Br)c2)cn1. The second kappa shape index (κ2) is 6.99. The molecule has 1 aromatic carbocycles. The molecule has 0 bridgehead atoms. The van der Waals surface area contributed by atoms with Gasteiger partial charge in [-0.3, -0.25) is 4.68 Å². The molecule has 0 aliphatic heterocycles. The molecule has 1 unspecified atom stereocenters. The largest absolute Gasteiger partial charge is 0.306 e. The predicted octanol–water partition coefficient (Wildman–Crippen LogP) is 3.89. The zero-order chi connectivity index (χ0) is 14.5. The van der Waals surface area contributed by atoms with E-state index in [4.69, 9.17) is 0 Å². The first kappa shape index (κ1) is 15.2. The zero-order valence-electron chi connectivity index (χ0n) is 11.7. The van der Waals surface area contributed by atoms with E-state index in [-0.39, 0.29) is 11.9 Å². The van der Waals surface area contributed by atoms with Crippen LogP contribution in [0.25, 0.3) is 0 Å². The van der Waals surface area contributed by atoms with Gasteiger partial charge in [0.15, 0.2) is 0 Å². The van der Waals surface area contributed by atoms with Crippen LogP contribution in [0.4, 0.5) is 4.39 Å². The van der Waals surface area contributed by atoms with Crippen molar-refractivity contribution in [3.8, 4) is 0 Å². The fourth-order valence-corrected chi connectivity index (χ4v) is 2.74. The van der Waals surface area contributed by atoms with Crippen molar-refractivity contribution in [3.05, 3.63) is 52.0 Å². The maximum Gasteiger partial charge on any atom is 0.124 e. The van der Waals surface area contributed by atoms with E-state index in [0.29, 0.717) is 0 Å². The van der Waals surface area contributed by atoms with Gasteiger partial charge in [0.2, 0.25) is 0 Å². The summed E-state index contributed by atoms with van der Waals surface area (Å²) in [5.41, 5.74) is 1.95. The average molecular weight is 340 g/mol.